The number of nitrogens with two attached hydrogens (primary N) is 1. The third-order valence-corrected chi connectivity index (χ3v) is 4.39. The van der Waals surface area contributed by atoms with Crippen molar-refractivity contribution in [3.63, 3.8) is 0 Å². The van der Waals surface area contributed by atoms with E-state index >= 15 is 0 Å². The molecule has 2 unspecified atom stereocenters. The molecule has 2 aliphatic heterocycles. The van der Waals surface area contributed by atoms with Crippen molar-refractivity contribution in [1.29, 1.82) is 0 Å². The Morgan fingerprint density at radius 1 is 1.50 bits per heavy atom. The third-order valence-electron chi connectivity index (χ3n) is 4.18. The maximum atomic E-state index is 11.4. The number of aromatic nitrogens is 1. The third kappa shape index (κ3) is 2.60. The van der Waals surface area contributed by atoms with Gasteiger partial charge in [-0.1, -0.05) is 12.2 Å². The lowest BCUT2D eigenvalue weighted by Crippen LogP contribution is -2.54. The Balaban J connectivity index is 1.74. The van der Waals surface area contributed by atoms with Gasteiger partial charge in [0.1, 0.15) is 4.99 Å². The Hall–Kier alpha value is -1.69. The van der Waals surface area contributed by atoms with Crippen molar-refractivity contribution >= 4 is 28.8 Å². The molecule has 2 saturated heterocycles. The summed E-state index contributed by atoms with van der Waals surface area (Å²) in [6, 6.07) is 4.28. The van der Waals surface area contributed by atoms with Crippen LogP contribution in [0.1, 0.15) is 25.0 Å². The standard InChI is InChI=1S/C14H18N4OS/c15-14(20)12-7-10(3-5-16-12)18-6-4-11-9(8-18)1-2-13(19)17-11/h3,5,7,9,11H,1-2,4,6,8H2,(H2,15,20)(H,17,19). The number of fused-ring (bicyclic) bond motifs is 1. The molecule has 20 heavy (non-hydrogen) atoms. The van der Waals surface area contributed by atoms with Crippen molar-refractivity contribution in [3.05, 3.63) is 24.0 Å². The number of amides is 1. The van der Waals surface area contributed by atoms with Crippen LogP contribution in [0.2, 0.25) is 0 Å². The van der Waals surface area contributed by atoms with E-state index in [2.05, 4.69) is 15.2 Å². The molecule has 0 bridgehead atoms. The van der Waals surface area contributed by atoms with Crippen LogP contribution in [0.15, 0.2) is 18.3 Å². The molecule has 3 N–H and O–H groups in total. The maximum Gasteiger partial charge on any atom is 0.220 e. The summed E-state index contributed by atoms with van der Waals surface area (Å²) in [5.74, 6) is 0.724. The molecule has 2 fully saturated rings. The van der Waals surface area contributed by atoms with Gasteiger partial charge in [-0.2, -0.15) is 0 Å². The van der Waals surface area contributed by atoms with Crippen LogP contribution < -0.4 is 16.0 Å². The first-order valence-electron chi connectivity index (χ1n) is 6.93. The second-order valence-corrected chi connectivity index (χ2v) is 5.91. The minimum absolute atomic E-state index is 0.194. The van der Waals surface area contributed by atoms with E-state index in [9.17, 15) is 4.79 Å². The Bertz CT molecular complexity index is 548. The van der Waals surface area contributed by atoms with Gasteiger partial charge in [0.25, 0.3) is 0 Å². The van der Waals surface area contributed by atoms with Crippen LogP contribution in [0.25, 0.3) is 0 Å². The van der Waals surface area contributed by atoms with Crippen LogP contribution in [-0.2, 0) is 4.79 Å². The summed E-state index contributed by atoms with van der Waals surface area (Å²) in [4.78, 5) is 18.3. The van der Waals surface area contributed by atoms with Gasteiger partial charge >= 0.3 is 0 Å². The van der Waals surface area contributed by atoms with Crippen molar-refractivity contribution in [2.24, 2.45) is 11.7 Å². The number of nitrogens with zero attached hydrogens (tertiary/aromatic N) is 2. The molecule has 0 radical (unpaired) electrons. The van der Waals surface area contributed by atoms with Crippen molar-refractivity contribution in [2.75, 3.05) is 18.0 Å². The fraction of sp³-hybridized carbons (Fsp3) is 0.500. The van der Waals surface area contributed by atoms with Gasteiger partial charge in [-0.25, -0.2) is 0 Å². The summed E-state index contributed by atoms with van der Waals surface area (Å²) in [6.07, 6.45) is 4.35. The van der Waals surface area contributed by atoms with Gasteiger partial charge in [0.05, 0.1) is 5.69 Å². The molecule has 3 rings (SSSR count). The van der Waals surface area contributed by atoms with Gasteiger partial charge in [0.15, 0.2) is 0 Å². The largest absolute Gasteiger partial charge is 0.388 e. The molecule has 1 amide bonds. The highest BCUT2D eigenvalue weighted by Crippen LogP contribution is 2.28. The zero-order chi connectivity index (χ0) is 14.1. The highest BCUT2D eigenvalue weighted by atomic mass is 32.1. The summed E-state index contributed by atoms with van der Waals surface area (Å²) in [7, 11) is 0. The van der Waals surface area contributed by atoms with Gasteiger partial charge in [-0.3, -0.25) is 9.78 Å². The number of thiocarbonyl (C=S) groups is 1. The Morgan fingerprint density at radius 2 is 2.35 bits per heavy atom. The predicted octanol–water partition coefficient (Wildman–Crippen LogP) is 0.821. The van der Waals surface area contributed by atoms with Crippen molar-refractivity contribution in [3.8, 4) is 0 Å². The monoisotopic (exact) mass is 290 g/mol. The summed E-state index contributed by atoms with van der Waals surface area (Å²) in [5, 5.41) is 3.10. The normalized spacial score (nSPS) is 25.8. The number of rotatable bonds is 2. The molecule has 0 saturated carbocycles. The Kier molecular flexibility index (Phi) is 3.56. The molecule has 106 valence electrons. The number of piperidine rings is 2. The number of anilines is 1. The molecular weight excluding hydrogens is 272 g/mol. The molecule has 3 heterocycles. The number of nitrogens with one attached hydrogen (secondary N) is 1. The molecule has 0 aromatic carbocycles. The van der Waals surface area contributed by atoms with Crippen molar-refractivity contribution < 1.29 is 4.79 Å². The lowest BCUT2D eigenvalue weighted by Gasteiger charge is -2.42. The van der Waals surface area contributed by atoms with E-state index in [4.69, 9.17) is 18.0 Å². The van der Waals surface area contributed by atoms with Crippen molar-refractivity contribution in [1.82, 2.24) is 10.3 Å². The molecule has 6 heteroatoms. The van der Waals surface area contributed by atoms with Gasteiger partial charge in [-0.15, -0.1) is 0 Å². The van der Waals surface area contributed by atoms with Crippen LogP contribution in [0.4, 0.5) is 5.69 Å². The van der Waals surface area contributed by atoms with Crippen LogP contribution in [0.3, 0.4) is 0 Å². The average molecular weight is 290 g/mol. The van der Waals surface area contributed by atoms with Gasteiger partial charge in [0.2, 0.25) is 5.91 Å². The van der Waals surface area contributed by atoms with Crippen LogP contribution in [0, 0.1) is 5.92 Å². The van der Waals surface area contributed by atoms with Gasteiger partial charge in [-0.05, 0) is 30.9 Å². The Morgan fingerprint density at radius 3 is 3.15 bits per heavy atom. The van der Waals surface area contributed by atoms with E-state index in [1.54, 1.807) is 6.20 Å². The van der Waals surface area contributed by atoms with Crippen LogP contribution >= 0.6 is 12.2 Å². The van der Waals surface area contributed by atoms with Crippen LogP contribution in [-0.4, -0.2) is 35.0 Å². The summed E-state index contributed by atoms with van der Waals surface area (Å²) in [5.41, 5.74) is 7.41. The second-order valence-electron chi connectivity index (χ2n) is 5.47. The highest BCUT2D eigenvalue weighted by molar-refractivity contribution is 7.80. The molecule has 1 aromatic rings. The number of hydrogen-bond acceptors (Lipinski definition) is 4. The maximum absolute atomic E-state index is 11.4. The molecular formula is C14H18N4OS. The van der Waals surface area contributed by atoms with Gasteiger partial charge in [0, 0.05) is 37.4 Å². The molecule has 5 nitrogen and oxygen atoms in total. The minimum atomic E-state index is 0.194. The smallest absolute Gasteiger partial charge is 0.220 e. The second kappa shape index (κ2) is 5.36. The SMILES string of the molecule is NC(=S)c1cc(N2CCC3NC(=O)CCC3C2)ccn1. The number of hydrogen-bond donors (Lipinski definition) is 2. The first-order chi connectivity index (χ1) is 9.63. The zero-order valence-electron chi connectivity index (χ0n) is 11.2. The molecule has 2 atom stereocenters. The Labute approximate surface area is 123 Å². The molecule has 2 aliphatic rings. The number of carbonyl (C=O) groups excluding carboxylic acids is 1. The van der Waals surface area contributed by atoms with Gasteiger partial charge < -0.3 is 16.0 Å². The van der Waals surface area contributed by atoms with E-state index < -0.39 is 0 Å². The van der Waals surface area contributed by atoms with E-state index in [1.807, 2.05) is 12.1 Å². The number of pyridine rings is 1. The topological polar surface area (TPSA) is 71.2 Å². The fourth-order valence-corrected chi connectivity index (χ4v) is 3.21. The lowest BCUT2D eigenvalue weighted by atomic mass is 9.85. The minimum Gasteiger partial charge on any atom is -0.388 e. The number of carbonyl (C=O) groups is 1. The first-order valence-corrected chi connectivity index (χ1v) is 7.34. The van der Waals surface area contributed by atoms with Crippen LogP contribution in [0.5, 0.6) is 0 Å². The quantitative estimate of drug-likeness (QED) is 0.789. The summed E-state index contributed by atoms with van der Waals surface area (Å²) >= 11 is 4.98. The lowest BCUT2D eigenvalue weighted by molar-refractivity contribution is -0.124. The zero-order valence-corrected chi connectivity index (χ0v) is 12.0. The van der Waals surface area contributed by atoms with E-state index in [1.165, 1.54) is 0 Å². The summed E-state index contributed by atoms with van der Waals surface area (Å²) in [6.45, 7) is 1.90. The van der Waals surface area contributed by atoms with E-state index in [0.29, 0.717) is 29.1 Å². The molecule has 1 aromatic heterocycles. The highest BCUT2D eigenvalue weighted by Gasteiger charge is 2.33. The fourth-order valence-electron chi connectivity index (χ4n) is 3.10. The average Bonchev–Trinajstić information content (AvgIpc) is 2.47. The van der Waals surface area contributed by atoms with E-state index in [0.717, 1.165) is 31.6 Å². The van der Waals surface area contributed by atoms with E-state index in [-0.39, 0.29) is 5.91 Å². The first kappa shape index (κ1) is 13.3. The predicted molar refractivity (Wildman–Crippen MR) is 81.6 cm³/mol. The summed E-state index contributed by atoms with van der Waals surface area (Å²) < 4.78 is 0. The van der Waals surface area contributed by atoms with Crippen molar-refractivity contribution in [2.45, 2.75) is 25.3 Å². The molecule has 0 spiro atoms. The molecule has 0 aliphatic carbocycles.